The molecule has 9 heteroatoms. The minimum absolute atomic E-state index is 0.827. The maximum absolute atomic E-state index is 9.10. The van der Waals surface area contributed by atoms with Gasteiger partial charge in [-0.25, -0.2) is 9.59 Å². The summed E-state index contributed by atoms with van der Waals surface area (Å²) in [5, 5.41) is 24.5. The largest absolute Gasteiger partial charge is 0.473 e. The summed E-state index contributed by atoms with van der Waals surface area (Å²) in [6, 6.07) is 10.5. The number of thioether (sulfide) groups is 1. The van der Waals surface area contributed by atoms with Crippen LogP contribution in [0.15, 0.2) is 35.3 Å². The number of carboxylic acid groups (broad SMARTS) is 2. The number of carboxylic acids is 2. The lowest BCUT2D eigenvalue weighted by Gasteiger charge is -2.27. The normalized spacial score (nSPS) is 10.7. The van der Waals surface area contributed by atoms with E-state index in [0.29, 0.717) is 0 Å². The fourth-order valence-corrected chi connectivity index (χ4v) is 3.08. The number of aliphatic imine (C=N–C) groups is 1. The van der Waals surface area contributed by atoms with Crippen LogP contribution in [-0.4, -0.2) is 76.1 Å². The van der Waals surface area contributed by atoms with Crippen molar-refractivity contribution in [3.63, 3.8) is 0 Å². The Hall–Kier alpha value is -2.57. The van der Waals surface area contributed by atoms with Gasteiger partial charge in [0.15, 0.2) is 5.17 Å². The number of aryl methyl sites for hydroxylation is 1. The molecule has 29 heavy (non-hydrogen) atoms. The fraction of sp³-hybridized carbons (Fsp3) is 0.500. The van der Waals surface area contributed by atoms with Crippen LogP contribution in [0.4, 0.5) is 0 Å². The molecule has 0 spiro atoms. The number of nitriles is 1. The SMILES string of the molecule is CCN(CC)CCN(CCCc1ccccc1)C(=NC#N)SC.O=C(O)C(=O)O. The Kier molecular flexibility index (Phi) is 14.9. The molecular formula is C20H30N4O4S. The summed E-state index contributed by atoms with van der Waals surface area (Å²) in [5.74, 6) is -3.65. The van der Waals surface area contributed by atoms with E-state index in [9.17, 15) is 0 Å². The highest BCUT2D eigenvalue weighted by atomic mass is 32.2. The first-order valence-corrected chi connectivity index (χ1v) is 10.6. The van der Waals surface area contributed by atoms with Crippen LogP contribution in [0.25, 0.3) is 0 Å². The molecule has 1 aromatic rings. The van der Waals surface area contributed by atoms with Crippen LogP contribution in [0.1, 0.15) is 25.8 Å². The lowest BCUT2D eigenvalue weighted by atomic mass is 10.1. The first-order chi connectivity index (χ1) is 13.9. The lowest BCUT2D eigenvalue weighted by Crippen LogP contribution is -2.38. The zero-order valence-electron chi connectivity index (χ0n) is 17.2. The van der Waals surface area contributed by atoms with Gasteiger partial charge < -0.3 is 20.0 Å². The molecular weight excluding hydrogens is 392 g/mol. The van der Waals surface area contributed by atoms with Crippen LogP contribution in [0.2, 0.25) is 0 Å². The van der Waals surface area contributed by atoms with Gasteiger partial charge in [0, 0.05) is 19.6 Å². The second-order valence-corrected chi connectivity index (χ2v) is 6.69. The zero-order valence-corrected chi connectivity index (χ0v) is 18.1. The monoisotopic (exact) mass is 422 g/mol. The minimum atomic E-state index is -1.82. The summed E-state index contributed by atoms with van der Waals surface area (Å²) in [6.45, 7) is 9.32. The van der Waals surface area contributed by atoms with Crippen LogP contribution in [-0.2, 0) is 16.0 Å². The zero-order chi connectivity index (χ0) is 22.1. The molecule has 1 aromatic carbocycles. The average Bonchev–Trinajstić information content (AvgIpc) is 2.72. The van der Waals surface area contributed by atoms with Crippen LogP contribution < -0.4 is 0 Å². The van der Waals surface area contributed by atoms with Gasteiger partial charge in [-0.15, -0.1) is 4.99 Å². The number of hydrogen-bond acceptors (Lipinski definition) is 6. The standard InChI is InChI=1S/C18H28N4S.C2H2O4/c1-4-21(5-2)14-15-22(18(23-3)20-16-19)13-9-12-17-10-7-6-8-11-17;3-1(4)2(5)6/h6-8,10-11H,4-5,9,12-15H2,1-3H3;(H,3,4)(H,5,6). The molecule has 0 bridgehead atoms. The van der Waals surface area contributed by atoms with Gasteiger partial charge in [0.1, 0.15) is 0 Å². The number of likely N-dealkylation sites (N-methyl/N-ethyl adjacent to an activating group) is 1. The third kappa shape index (κ3) is 12.5. The van der Waals surface area contributed by atoms with Gasteiger partial charge >= 0.3 is 11.9 Å². The van der Waals surface area contributed by atoms with E-state index in [0.717, 1.165) is 50.7 Å². The van der Waals surface area contributed by atoms with Crippen molar-refractivity contribution in [2.75, 3.05) is 39.0 Å². The third-order valence-electron chi connectivity index (χ3n) is 4.10. The van der Waals surface area contributed by atoms with E-state index in [1.54, 1.807) is 11.8 Å². The van der Waals surface area contributed by atoms with Crippen molar-refractivity contribution in [2.45, 2.75) is 26.7 Å². The first kappa shape index (κ1) is 26.4. The van der Waals surface area contributed by atoms with Crippen LogP contribution in [0.5, 0.6) is 0 Å². The predicted octanol–water partition coefficient (Wildman–Crippen LogP) is 2.62. The van der Waals surface area contributed by atoms with Gasteiger partial charge in [0.05, 0.1) is 0 Å². The number of aliphatic carboxylic acids is 2. The highest BCUT2D eigenvalue weighted by molar-refractivity contribution is 8.13. The third-order valence-corrected chi connectivity index (χ3v) is 4.81. The smallest absolute Gasteiger partial charge is 0.414 e. The fourth-order valence-electron chi connectivity index (χ4n) is 2.51. The molecule has 0 saturated heterocycles. The maximum Gasteiger partial charge on any atom is 0.414 e. The van der Waals surface area contributed by atoms with E-state index in [2.05, 4.69) is 52.9 Å². The second kappa shape index (κ2) is 16.4. The summed E-state index contributed by atoms with van der Waals surface area (Å²) in [7, 11) is 0. The van der Waals surface area contributed by atoms with Gasteiger partial charge in [-0.2, -0.15) is 5.26 Å². The molecule has 0 heterocycles. The van der Waals surface area contributed by atoms with E-state index in [1.807, 2.05) is 18.5 Å². The van der Waals surface area contributed by atoms with E-state index in [1.165, 1.54) is 5.56 Å². The number of benzene rings is 1. The molecule has 0 aromatic heterocycles. The molecule has 0 fully saturated rings. The average molecular weight is 423 g/mol. The maximum atomic E-state index is 9.10. The summed E-state index contributed by atoms with van der Waals surface area (Å²) < 4.78 is 0. The first-order valence-electron chi connectivity index (χ1n) is 9.37. The molecule has 8 nitrogen and oxygen atoms in total. The van der Waals surface area contributed by atoms with E-state index >= 15 is 0 Å². The molecule has 0 aliphatic rings. The minimum Gasteiger partial charge on any atom is -0.473 e. The molecule has 0 aliphatic carbocycles. The molecule has 2 N–H and O–H groups in total. The highest BCUT2D eigenvalue weighted by Crippen LogP contribution is 2.09. The second-order valence-electron chi connectivity index (χ2n) is 5.91. The van der Waals surface area contributed by atoms with Gasteiger partial charge in [0.2, 0.25) is 6.19 Å². The molecule has 0 atom stereocenters. The molecule has 0 radical (unpaired) electrons. The van der Waals surface area contributed by atoms with Crippen molar-refractivity contribution in [1.82, 2.24) is 9.80 Å². The van der Waals surface area contributed by atoms with Crippen molar-refractivity contribution in [2.24, 2.45) is 4.99 Å². The summed E-state index contributed by atoms with van der Waals surface area (Å²) in [5.41, 5.74) is 1.36. The van der Waals surface area contributed by atoms with Gasteiger partial charge in [-0.3, -0.25) is 0 Å². The van der Waals surface area contributed by atoms with Crippen LogP contribution in [0, 0.1) is 11.5 Å². The Balaban J connectivity index is 0.00000113. The summed E-state index contributed by atoms with van der Waals surface area (Å²) >= 11 is 1.55. The molecule has 0 amide bonds. The van der Waals surface area contributed by atoms with E-state index in [-0.39, 0.29) is 0 Å². The molecule has 1 rings (SSSR count). The van der Waals surface area contributed by atoms with Crippen molar-refractivity contribution in [3.05, 3.63) is 35.9 Å². The lowest BCUT2D eigenvalue weighted by molar-refractivity contribution is -0.159. The summed E-state index contributed by atoms with van der Waals surface area (Å²) in [4.78, 5) is 26.8. The molecule has 160 valence electrons. The Bertz CT molecular complexity index is 661. The van der Waals surface area contributed by atoms with Gasteiger partial charge in [-0.05, 0) is 37.8 Å². The quantitative estimate of drug-likeness (QED) is 0.270. The summed E-state index contributed by atoms with van der Waals surface area (Å²) in [6.07, 6.45) is 6.03. The Morgan fingerprint density at radius 2 is 1.66 bits per heavy atom. The number of amidine groups is 1. The van der Waals surface area contributed by atoms with Crippen LogP contribution in [0.3, 0.4) is 0 Å². The van der Waals surface area contributed by atoms with Crippen molar-refractivity contribution < 1.29 is 19.8 Å². The molecule has 0 saturated carbocycles. The van der Waals surface area contributed by atoms with E-state index < -0.39 is 11.9 Å². The van der Waals surface area contributed by atoms with E-state index in [4.69, 9.17) is 25.1 Å². The topological polar surface area (TPSA) is 117 Å². The number of rotatable bonds is 9. The number of carbonyl (C=O) groups is 2. The van der Waals surface area contributed by atoms with Crippen molar-refractivity contribution in [3.8, 4) is 6.19 Å². The highest BCUT2D eigenvalue weighted by Gasteiger charge is 2.12. The Labute approximate surface area is 176 Å². The van der Waals surface area contributed by atoms with Crippen molar-refractivity contribution in [1.29, 1.82) is 5.26 Å². The van der Waals surface area contributed by atoms with Crippen LogP contribution >= 0.6 is 11.8 Å². The van der Waals surface area contributed by atoms with Gasteiger partial charge in [0.25, 0.3) is 0 Å². The number of nitrogens with zero attached hydrogens (tertiary/aromatic N) is 4. The number of hydrogen-bond donors (Lipinski definition) is 2. The molecule has 0 aliphatic heterocycles. The Morgan fingerprint density at radius 1 is 1.07 bits per heavy atom. The Morgan fingerprint density at radius 3 is 2.10 bits per heavy atom. The van der Waals surface area contributed by atoms with Crippen molar-refractivity contribution >= 4 is 28.9 Å². The van der Waals surface area contributed by atoms with Gasteiger partial charge in [-0.1, -0.05) is 55.9 Å². The predicted molar refractivity (Wildman–Crippen MR) is 116 cm³/mol. The molecule has 0 unspecified atom stereocenters.